The highest BCUT2D eigenvalue weighted by molar-refractivity contribution is 14.0. The minimum absolute atomic E-state index is 0. The summed E-state index contributed by atoms with van der Waals surface area (Å²) in [6.07, 6.45) is 3.92. The SMILES string of the molecule is CCNC(=NCC(C)(C)SC)NC(C)CCS(C)(=O)=O.I. The van der Waals surface area contributed by atoms with Gasteiger partial charge >= 0.3 is 0 Å². The molecule has 0 aromatic carbocycles. The van der Waals surface area contributed by atoms with Crippen LogP contribution < -0.4 is 10.6 Å². The first-order valence-corrected chi connectivity index (χ1v) is 10.2. The Morgan fingerprint density at radius 3 is 2.38 bits per heavy atom. The third-order valence-electron chi connectivity index (χ3n) is 2.82. The van der Waals surface area contributed by atoms with Crippen molar-refractivity contribution in [2.75, 3.05) is 31.4 Å². The highest BCUT2D eigenvalue weighted by atomic mass is 127. The minimum atomic E-state index is -2.91. The Labute approximate surface area is 151 Å². The van der Waals surface area contributed by atoms with Crippen molar-refractivity contribution in [3.8, 4) is 0 Å². The van der Waals surface area contributed by atoms with Gasteiger partial charge in [-0.2, -0.15) is 11.8 Å². The van der Waals surface area contributed by atoms with Gasteiger partial charge in [0.15, 0.2) is 5.96 Å². The second kappa shape index (κ2) is 10.9. The lowest BCUT2D eigenvalue weighted by Crippen LogP contribution is -2.43. The van der Waals surface area contributed by atoms with E-state index in [-0.39, 0.29) is 40.5 Å². The molecule has 0 aliphatic heterocycles. The number of hydrogen-bond acceptors (Lipinski definition) is 4. The van der Waals surface area contributed by atoms with Crippen molar-refractivity contribution in [3.05, 3.63) is 0 Å². The van der Waals surface area contributed by atoms with E-state index in [1.165, 1.54) is 6.26 Å². The Kier molecular flexibility index (Phi) is 12.3. The van der Waals surface area contributed by atoms with Crippen LogP contribution in [0, 0.1) is 0 Å². The average molecular weight is 451 g/mol. The Hall–Kier alpha value is 0.300. The van der Waals surface area contributed by atoms with Crippen LogP contribution in [0.25, 0.3) is 0 Å². The van der Waals surface area contributed by atoms with E-state index in [0.717, 1.165) is 12.5 Å². The monoisotopic (exact) mass is 451 g/mol. The first kappa shape index (κ1) is 23.6. The molecule has 0 aliphatic rings. The zero-order chi connectivity index (χ0) is 15.8. The van der Waals surface area contributed by atoms with Crippen LogP contribution in [0.4, 0.5) is 0 Å². The van der Waals surface area contributed by atoms with Gasteiger partial charge in [-0.1, -0.05) is 0 Å². The second-order valence-corrected chi connectivity index (χ2v) is 9.40. The fourth-order valence-electron chi connectivity index (χ4n) is 1.35. The summed E-state index contributed by atoms with van der Waals surface area (Å²) >= 11 is 1.78. The lowest BCUT2D eigenvalue weighted by molar-refractivity contribution is 0.580. The van der Waals surface area contributed by atoms with E-state index in [1.807, 2.05) is 13.8 Å². The van der Waals surface area contributed by atoms with Crippen molar-refractivity contribution in [1.82, 2.24) is 10.6 Å². The van der Waals surface area contributed by atoms with Crippen LogP contribution >= 0.6 is 35.7 Å². The highest BCUT2D eigenvalue weighted by Gasteiger charge is 2.16. The molecule has 21 heavy (non-hydrogen) atoms. The van der Waals surface area contributed by atoms with Crippen molar-refractivity contribution in [2.24, 2.45) is 4.99 Å². The number of sulfone groups is 1. The van der Waals surface area contributed by atoms with Gasteiger partial charge in [-0.3, -0.25) is 4.99 Å². The van der Waals surface area contributed by atoms with Gasteiger partial charge in [-0.25, -0.2) is 8.42 Å². The van der Waals surface area contributed by atoms with Gasteiger partial charge in [0.1, 0.15) is 9.84 Å². The molecule has 0 heterocycles. The largest absolute Gasteiger partial charge is 0.357 e. The van der Waals surface area contributed by atoms with Crippen LogP contribution in [0.3, 0.4) is 0 Å². The van der Waals surface area contributed by atoms with E-state index >= 15 is 0 Å². The molecule has 0 amide bonds. The van der Waals surface area contributed by atoms with E-state index < -0.39 is 9.84 Å². The standard InChI is InChI=1S/C13H29N3O2S2.HI/c1-7-14-12(15-10-13(3,4)19-5)16-11(2)8-9-20(6,17)18;/h11H,7-10H2,1-6H3,(H2,14,15,16);1H. The first-order valence-electron chi connectivity index (χ1n) is 6.87. The molecule has 0 fully saturated rings. The van der Waals surface area contributed by atoms with Gasteiger partial charge in [0, 0.05) is 23.6 Å². The number of hydrogen-bond donors (Lipinski definition) is 2. The van der Waals surface area contributed by atoms with Gasteiger partial charge in [-0.05, 0) is 40.4 Å². The normalized spacial score (nSPS) is 14.3. The minimum Gasteiger partial charge on any atom is -0.357 e. The van der Waals surface area contributed by atoms with Crippen molar-refractivity contribution >= 4 is 51.5 Å². The molecule has 1 atom stereocenters. The topological polar surface area (TPSA) is 70.6 Å². The maximum Gasteiger partial charge on any atom is 0.191 e. The number of thioether (sulfide) groups is 1. The molecule has 5 nitrogen and oxygen atoms in total. The molecule has 0 aliphatic carbocycles. The van der Waals surface area contributed by atoms with Crippen LogP contribution in [-0.4, -0.2) is 56.5 Å². The van der Waals surface area contributed by atoms with E-state index in [1.54, 1.807) is 11.8 Å². The van der Waals surface area contributed by atoms with Gasteiger partial charge < -0.3 is 10.6 Å². The molecule has 0 rings (SSSR count). The molecular weight excluding hydrogens is 421 g/mol. The Balaban J connectivity index is 0. The van der Waals surface area contributed by atoms with Gasteiger partial charge in [0.25, 0.3) is 0 Å². The van der Waals surface area contributed by atoms with Gasteiger partial charge in [0.2, 0.25) is 0 Å². The number of aliphatic imine (C=N–C) groups is 1. The highest BCUT2D eigenvalue weighted by Crippen LogP contribution is 2.20. The fraction of sp³-hybridized carbons (Fsp3) is 0.923. The summed E-state index contributed by atoms with van der Waals surface area (Å²) in [5.74, 6) is 0.937. The molecule has 0 aromatic heterocycles. The average Bonchev–Trinajstić information content (AvgIpc) is 2.33. The summed E-state index contributed by atoms with van der Waals surface area (Å²) in [6, 6.07) is 0.0694. The smallest absolute Gasteiger partial charge is 0.191 e. The lowest BCUT2D eigenvalue weighted by atomic mass is 10.2. The molecule has 2 N–H and O–H groups in total. The summed E-state index contributed by atoms with van der Waals surface area (Å²) in [6.45, 7) is 9.78. The number of halogens is 1. The van der Waals surface area contributed by atoms with E-state index in [9.17, 15) is 8.42 Å². The Morgan fingerprint density at radius 2 is 1.95 bits per heavy atom. The van der Waals surface area contributed by atoms with Crippen molar-refractivity contribution in [3.63, 3.8) is 0 Å². The molecule has 0 spiro atoms. The molecule has 0 aromatic rings. The summed E-state index contributed by atoms with van der Waals surface area (Å²) in [7, 11) is -2.91. The molecule has 0 bridgehead atoms. The van der Waals surface area contributed by atoms with Crippen LogP contribution in [0.1, 0.15) is 34.1 Å². The number of guanidine groups is 1. The quantitative estimate of drug-likeness (QED) is 0.336. The molecule has 128 valence electrons. The maximum absolute atomic E-state index is 11.2. The zero-order valence-electron chi connectivity index (χ0n) is 13.9. The Morgan fingerprint density at radius 1 is 1.38 bits per heavy atom. The number of nitrogens with zero attached hydrogens (tertiary/aromatic N) is 1. The second-order valence-electron chi connectivity index (χ2n) is 5.62. The van der Waals surface area contributed by atoms with Gasteiger partial charge in [0.05, 0.1) is 12.3 Å². The third kappa shape index (κ3) is 13.7. The Bertz CT molecular complexity index is 412. The summed E-state index contributed by atoms with van der Waals surface area (Å²) in [4.78, 5) is 4.56. The fourth-order valence-corrected chi connectivity index (χ4v) is 2.33. The predicted molar refractivity (Wildman–Crippen MR) is 106 cm³/mol. The number of rotatable bonds is 8. The van der Waals surface area contributed by atoms with Crippen molar-refractivity contribution in [1.29, 1.82) is 0 Å². The molecule has 8 heteroatoms. The summed E-state index contributed by atoms with van der Waals surface area (Å²) in [5.41, 5.74) is 0. The van der Waals surface area contributed by atoms with Crippen LogP contribution in [0.5, 0.6) is 0 Å². The van der Waals surface area contributed by atoms with E-state index in [4.69, 9.17) is 0 Å². The van der Waals surface area contributed by atoms with E-state index in [2.05, 4.69) is 35.7 Å². The molecular formula is C13H30IN3O2S2. The van der Waals surface area contributed by atoms with Crippen LogP contribution in [0.15, 0.2) is 4.99 Å². The number of nitrogens with one attached hydrogen (secondary N) is 2. The van der Waals surface area contributed by atoms with Crippen molar-refractivity contribution < 1.29 is 8.42 Å². The molecule has 0 radical (unpaired) electrons. The summed E-state index contributed by atoms with van der Waals surface area (Å²) < 4.78 is 22.4. The summed E-state index contributed by atoms with van der Waals surface area (Å²) in [5, 5.41) is 6.44. The van der Waals surface area contributed by atoms with Gasteiger partial charge in [-0.15, -0.1) is 24.0 Å². The van der Waals surface area contributed by atoms with Crippen LogP contribution in [0.2, 0.25) is 0 Å². The van der Waals surface area contributed by atoms with Crippen molar-refractivity contribution in [2.45, 2.75) is 44.9 Å². The zero-order valence-corrected chi connectivity index (χ0v) is 17.9. The third-order valence-corrected chi connectivity index (χ3v) is 5.03. The first-order chi connectivity index (χ1) is 9.09. The molecule has 0 saturated carbocycles. The predicted octanol–water partition coefficient (Wildman–Crippen LogP) is 2.12. The van der Waals surface area contributed by atoms with E-state index in [0.29, 0.717) is 13.0 Å². The molecule has 0 saturated heterocycles. The van der Waals surface area contributed by atoms with Crippen LogP contribution in [-0.2, 0) is 9.84 Å². The molecule has 1 unspecified atom stereocenters. The lowest BCUT2D eigenvalue weighted by Gasteiger charge is -2.22. The maximum atomic E-state index is 11.2.